The minimum Gasteiger partial charge on any atom is -0.469 e. The lowest BCUT2D eigenvalue weighted by Gasteiger charge is -2.30. The van der Waals surface area contributed by atoms with Crippen LogP contribution in [0.5, 0.6) is 0 Å². The number of halogens is 1. The Labute approximate surface area is 218 Å². The Balaban J connectivity index is 1.63. The van der Waals surface area contributed by atoms with Crippen molar-refractivity contribution < 1.29 is 22.3 Å². The molecule has 0 aliphatic carbocycles. The van der Waals surface area contributed by atoms with Crippen LogP contribution < -0.4 is 5.32 Å². The van der Waals surface area contributed by atoms with Crippen LogP contribution in [0.2, 0.25) is 0 Å². The van der Waals surface area contributed by atoms with Crippen molar-refractivity contribution in [3.05, 3.63) is 90.0 Å². The van der Waals surface area contributed by atoms with E-state index in [1.165, 1.54) is 37.6 Å². The molecule has 2 aromatic heterocycles. The van der Waals surface area contributed by atoms with E-state index in [2.05, 4.69) is 15.0 Å². The SMILES string of the molecule is COC(=O)CCc1c(C2CNC2)n(-c2ccc(F)cc2)c2cc3cnn(S(=O)(=O)c4ccccc4)c3cc12. The normalized spacial score (nSPS) is 14.2. The molecule has 0 saturated carbocycles. The average Bonchev–Trinajstić information content (AvgIpc) is 3.45. The number of rotatable bonds is 7. The highest BCUT2D eigenvalue weighted by Crippen LogP contribution is 2.39. The summed E-state index contributed by atoms with van der Waals surface area (Å²) in [6, 6.07) is 18.2. The van der Waals surface area contributed by atoms with Crippen LogP contribution >= 0.6 is 0 Å². The average molecular weight is 533 g/mol. The number of carbonyl (C=O) groups is 1. The zero-order valence-electron chi connectivity index (χ0n) is 20.6. The van der Waals surface area contributed by atoms with Gasteiger partial charge in [-0.15, -0.1) is 0 Å². The van der Waals surface area contributed by atoms with Gasteiger partial charge in [-0.3, -0.25) is 4.79 Å². The van der Waals surface area contributed by atoms with Gasteiger partial charge in [0.15, 0.2) is 0 Å². The predicted molar refractivity (Wildman–Crippen MR) is 141 cm³/mol. The Morgan fingerprint density at radius 1 is 1.08 bits per heavy atom. The van der Waals surface area contributed by atoms with Crippen LogP contribution in [-0.2, 0) is 26.0 Å². The number of ether oxygens (including phenoxy) is 1. The van der Waals surface area contributed by atoms with Gasteiger partial charge in [0, 0.05) is 47.6 Å². The molecular weight excluding hydrogens is 507 g/mol. The summed E-state index contributed by atoms with van der Waals surface area (Å²) in [5.74, 6) is -0.492. The van der Waals surface area contributed by atoms with Crippen LogP contribution in [0.25, 0.3) is 27.5 Å². The first-order valence-electron chi connectivity index (χ1n) is 12.3. The summed E-state index contributed by atoms with van der Waals surface area (Å²) in [4.78, 5) is 12.3. The van der Waals surface area contributed by atoms with E-state index < -0.39 is 10.0 Å². The molecule has 194 valence electrons. The molecule has 1 fully saturated rings. The Kier molecular flexibility index (Phi) is 6.00. The molecule has 6 rings (SSSR count). The number of aryl methyl sites for hydroxylation is 1. The van der Waals surface area contributed by atoms with Crippen molar-refractivity contribution in [2.24, 2.45) is 0 Å². The van der Waals surface area contributed by atoms with Gasteiger partial charge in [0.25, 0.3) is 10.0 Å². The molecule has 0 radical (unpaired) electrons. The van der Waals surface area contributed by atoms with Crippen molar-refractivity contribution in [1.82, 2.24) is 19.1 Å². The third kappa shape index (κ3) is 3.97. The Morgan fingerprint density at radius 2 is 1.82 bits per heavy atom. The zero-order valence-corrected chi connectivity index (χ0v) is 21.4. The minimum atomic E-state index is -3.93. The second-order valence-corrected chi connectivity index (χ2v) is 11.1. The van der Waals surface area contributed by atoms with Gasteiger partial charge in [-0.1, -0.05) is 18.2 Å². The molecule has 10 heteroatoms. The quantitative estimate of drug-likeness (QED) is 0.317. The summed E-state index contributed by atoms with van der Waals surface area (Å²) < 4.78 is 48.8. The molecule has 1 aliphatic heterocycles. The zero-order chi connectivity index (χ0) is 26.4. The monoisotopic (exact) mass is 532 g/mol. The van der Waals surface area contributed by atoms with Gasteiger partial charge in [0.2, 0.25) is 0 Å². The van der Waals surface area contributed by atoms with E-state index in [9.17, 15) is 17.6 Å². The van der Waals surface area contributed by atoms with Gasteiger partial charge in [-0.2, -0.15) is 17.6 Å². The molecule has 0 bridgehead atoms. The molecule has 0 atom stereocenters. The van der Waals surface area contributed by atoms with Crippen molar-refractivity contribution >= 4 is 37.8 Å². The number of carbonyl (C=O) groups excluding carboxylic acids is 1. The standard InChI is InChI=1S/C28H25FN4O4S/c1-37-27(34)12-11-23-24-14-25-18(17-31-33(25)38(35,36)22-5-3-2-4-6-22)13-26(24)32(28(23)19-15-30-16-19)21-9-7-20(29)8-10-21/h2-10,13-14,17,19,30H,11-12,15-16H2,1H3. The van der Waals surface area contributed by atoms with E-state index in [4.69, 9.17) is 4.74 Å². The summed E-state index contributed by atoms with van der Waals surface area (Å²) in [6.07, 6.45) is 2.12. The number of aromatic nitrogens is 3. The van der Waals surface area contributed by atoms with Crippen molar-refractivity contribution in [3.63, 3.8) is 0 Å². The lowest BCUT2D eigenvalue weighted by atomic mass is 9.92. The third-order valence-corrected chi connectivity index (χ3v) is 8.71. The number of esters is 1. The largest absolute Gasteiger partial charge is 0.469 e. The second-order valence-electron chi connectivity index (χ2n) is 9.34. The number of methoxy groups -OCH3 is 1. The highest BCUT2D eigenvalue weighted by molar-refractivity contribution is 7.90. The highest BCUT2D eigenvalue weighted by atomic mass is 32.2. The Bertz CT molecular complexity index is 1770. The van der Waals surface area contributed by atoms with Crippen molar-refractivity contribution in [3.8, 4) is 5.69 Å². The van der Waals surface area contributed by atoms with E-state index in [-0.39, 0.29) is 29.0 Å². The number of nitrogens with zero attached hydrogens (tertiary/aromatic N) is 3. The second kappa shape index (κ2) is 9.38. The lowest BCUT2D eigenvalue weighted by Crippen LogP contribution is -2.41. The molecule has 3 heterocycles. The first-order valence-corrected chi connectivity index (χ1v) is 13.7. The van der Waals surface area contributed by atoms with Crippen LogP contribution in [-0.4, -0.2) is 48.3 Å². The van der Waals surface area contributed by atoms with Gasteiger partial charge >= 0.3 is 5.97 Å². The fourth-order valence-electron chi connectivity index (χ4n) is 5.12. The summed E-state index contributed by atoms with van der Waals surface area (Å²) >= 11 is 0. The molecule has 3 aromatic carbocycles. The van der Waals surface area contributed by atoms with Crippen LogP contribution in [0, 0.1) is 5.82 Å². The molecule has 5 aromatic rings. The number of hydrogen-bond acceptors (Lipinski definition) is 6. The minimum absolute atomic E-state index is 0.140. The molecule has 1 saturated heterocycles. The maximum Gasteiger partial charge on any atom is 0.305 e. The van der Waals surface area contributed by atoms with E-state index >= 15 is 0 Å². The van der Waals surface area contributed by atoms with Gasteiger partial charge in [0.1, 0.15) is 5.82 Å². The number of fused-ring (bicyclic) bond motifs is 2. The number of benzene rings is 3. The van der Waals surface area contributed by atoms with Gasteiger partial charge in [0.05, 0.1) is 29.2 Å². The van der Waals surface area contributed by atoms with Gasteiger partial charge in [-0.25, -0.2) is 4.39 Å². The fraction of sp³-hybridized carbons (Fsp3) is 0.214. The van der Waals surface area contributed by atoms with Crippen LogP contribution in [0.4, 0.5) is 4.39 Å². The van der Waals surface area contributed by atoms with Crippen LogP contribution in [0.15, 0.2) is 77.8 Å². The molecule has 8 nitrogen and oxygen atoms in total. The lowest BCUT2D eigenvalue weighted by molar-refractivity contribution is -0.140. The summed E-state index contributed by atoms with van der Waals surface area (Å²) in [6.45, 7) is 1.52. The molecule has 0 unspecified atom stereocenters. The number of nitrogens with one attached hydrogen (secondary N) is 1. The number of hydrogen-bond donors (Lipinski definition) is 1. The maximum atomic E-state index is 13.8. The predicted octanol–water partition coefficient (Wildman–Crippen LogP) is 4.15. The maximum absolute atomic E-state index is 13.8. The van der Waals surface area contributed by atoms with Crippen molar-refractivity contribution in [1.29, 1.82) is 0 Å². The van der Waals surface area contributed by atoms with Crippen molar-refractivity contribution in [2.75, 3.05) is 20.2 Å². The van der Waals surface area contributed by atoms with E-state index in [1.54, 1.807) is 30.3 Å². The topological polar surface area (TPSA) is 95.2 Å². The molecule has 0 spiro atoms. The Hall–Kier alpha value is -4.02. The molecular formula is C28H25FN4O4S. The summed E-state index contributed by atoms with van der Waals surface area (Å²) in [5.41, 5.74) is 4.02. The van der Waals surface area contributed by atoms with Gasteiger partial charge < -0.3 is 14.6 Å². The molecule has 1 N–H and O–H groups in total. The molecule has 38 heavy (non-hydrogen) atoms. The third-order valence-electron chi connectivity index (χ3n) is 7.10. The smallest absolute Gasteiger partial charge is 0.305 e. The first-order chi connectivity index (χ1) is 18.4. The van der Waals surface area contributed by atoms with Crippen LogP contribution in [0.1, 0.15) is 23.6 Å². The summed E-state index contributed by atoms with van der Waals surface area (Å²) in [5, 5.41) is 9.03. The molecule has 0 amide bonds. The van der Waals surface area contributed by atoms with Gasteiger partial charge in [-0.05, 0) is 60.5 Å². The molecule has 1 aliphatic rings. The van der Waals surface area contributed by atoms with E-state index in [1.807, 2.05) is 12.1 Å². The van der Waals surface area contributed by atoms with E-state index in [0.717, 1.165) is 45.0 Å². The highest BCUT2D eigenvalue weighted by Gasteiger charge is 2.30. The first kappa shape index (κ1) is 24.3. The Morgan fingerprint density at radius 3 is 2.47 bits per heavy atom. The van der Waals surface area contributed by atoms with Crippen molar-refractivity contribution in [2.45, 2.75) is 23.7 Å². The van der Waals surface area contributed by atoms with Crippen LogP contribution in [0.3, 0.4) is 0 Å². The summed E-state index contributed by atoms with van der Waals surface area (Å²) in [7, 11) is -2.57. The van der Waals surface area contributed by atoms with E-state index in [0.29, 0.717) is 17.3 Å². The fourth-order valence-corrected chi connectivity index (χ4v) is 6.41.